The first-order valence-corrected chi connectivity index (χ1v) is 22.6. The Morgan fingerprint density at radius 2 is 1.72 bits per heavy atom. The number of allylic oxidation sites excluding steroid dienone is 3. The molecule has 0 spiro atoms. The molecule has 0 amide bonds. The van der Waals surface area contributed by atoms with Crippen molar-refractivity contribution >= 4 is 17.8 Å². The Labute approximate surface area is 359 Å². The number of aliphatic hydroxyl groups is 1. The maximum atomic E-state index is 14.3. The van der Waals surface area contributed by atoms with Gasteiger partial charge < -0.3 is 24.6 Å². The number of carboxylic acid groups (broad SMARTS) is 1. The molecule has 1 aromatic heterocycles. The number of aliphatic hydroxyl groups excluding tert-OH is 1. The van der Waals surface area contributed by atoms with E-state index in [0.717, 1.165) is 62.6 Å². The molecule has 9 atom stereocenters. The number of likely N-dealkylation sites (N-methyl/N-ethyl adjacent to an activating group) is 1. The Morgan fingerprint density at radius 1 is 1.03 bits per heavy atom. The normalized spacial score (nSPS) is 35.4. The van der Waals surface area contributed by atoms with Crippen molar-refractivity contribution in [2.75, 3.05) is 27.7 Å². The standard InChI is InChI=1S/C49H76N4O7/c1-15-38(50-29-31(4)59-14)53-39(55)26-36(52(53)25-24-51(12)13)49-23-22-47(10)32(42(49)41(30(2)3)33(54)27-49)16-17-35-46(9)20-19-37(60-40(56)28-44(5,6)43(57)58)45(7,8)34(46)18-21-48(35,47)11/h15,26,29-30,32-35,37,54H,1,16-25,27-28H2,2-14H3,(H,57,58)/b31-29+,50-38?/t32?,33-,34-,35+,37-,46-,47+,48+,49-/m0/s1. The van der Waals surface area contributed by atoms with Crippen molar-refractivity contribution in [2.24, 2.45) is 55.7 Å². The Hall–Kier alpha value is -3.44. The molecule has 60 heavy (non-hydrogen) atoms. The number of carbonyl (C=O) groups excluding carboxylic acids is 1. The van der Waals surface area contributed by atoms with Gasteiger partial charge >= 0.3 is 11.9 Å². The molecule has 0 saturated heterocycles. The second-order valence-electron chi connectivity index (χ2n) is 21.9. The molecule has 0 aromatic carbocycles. The zero-order valence-corrected chi connectivity index (χ0v) is 39.1. The Kier molecular flexibility index (Phi) is 12.3. The minimum atomic E-state index is -1.18. The lowest BCUT2D eigenvalue weighted by molar-refractivity contribution is -0.232. The number of ether oxygens (including phenoxy) is 2. The van der Waals surface area contributed by atoms with Crippen molar-refractivity contribution in [2.45, 2.75) is 158 Å². The van der Waals surface area contributed by atoms with E-state index < -0.39 is 28.9 Å². The lowest BCUT2D eigenvalue weighted by Crippen LogP contribution is -2.66. The van der Waals surface area contributed by atoms with Gasteiger partial charge in [-0.15, -0.1) is 0 Å². The number of aliphatic carboxylic acids is 1. The predicted molar refractivity (Wildman–Crippen MR) is 237 cm³/mol. The number of hydrogen-bond donors (Lipinski definition) is 2. The molecule has 1 aromatic rings. The summed E-state index contributed by atoms with van der Waals surface area (Å²) in [7, 11) is 5.69. The molecule has 6 rings (SSSR count). The average Bonchev–Trinajstić information content (AvgIpc) is 3.65. The minimum Gasteiger partial charge on any atom is -0.500 e. The zero-order chi connectivity index (χ0) is 44.5. The van der Waals surface area contributed by atoms with Gasteiger partial charge in [0.25, 0.3) is 5.56 Å². The fourth-order valence-electron chi connectivity index (χ4n) is 14.0. The van der Waals surface area contributed by atoms with Crippen LogP contribution in [0.15, 0.2) is 51.6 Å². The molecule has 11 heteroatoms. The van der Waals surface area contributed by atoms with E-state index in [1.165, 1.54) is 5.57 Å². The van der Waals surface area contributed by atoms with E-state index >= 15 is 0 Å². The van der Waals surface area contributed by atoms with E-state index in [9.17, 15) is 24.6 Å². The van der Waals surface area contributed by atoms with E-state index in [1.807, 2.05) is 27.1 Å². The van der Waals surface area contributed by atoms with Crippen LogP contribution in [0.2, 0.25) is 0 Å². The van der Waals surface area contributed by atoms with Gasteiger partial charge in [0.05, 0.1) is 43.5 Å². The minimum absolute atomic E-state index is 0.0196. The van der Waals surface area contributed by atoms with E-state index in [0.29, 0.717) is 42.9 Å². The van der Waals surface area contributed by atoms with Crippen molar-refractivity contribution < 1.29 is 29.3 Å². The van der Waals surface area contributed by atoms with Crippen LogP contribution in [-0.2, 0) is 31.0 Å². The highest BCUT2D eigenvalue weighted by Gasteiger charge is 2.70. The molecular weight excluding hydrogens is 757 g/mol. The Bertz CT molecular complexity index is 2020. The van der Waals surface area contributed by atoms with Crippen molar-refractivity contribution in [1.29, 1.82) is 0 Å². The molecule has 0 radical (unpaired) electrons. The number of aliphatic imine (C=N–C) groups is 1. The van der Waals surface area contributed by atoms with Crippen molar-refractivity contribution in [3.8, 4) is 0 Å². The third-order valence-electron chi connectivity index (χ3n) is 17.4. The van der Waals surface area contributed by atoms with E-state index in [1.54, 1.807) is 37.9 Å². The smallest absolute Gasteiger partial charge is 0.309 e. The molecular formula is C49H76N4O7. The molecule has 2 N–H and O–H groups in total. The second-order valence-corrected chi connectivity index (χ2v) is 21.9. The maximum absolute atomic E-state index is 14.3. The first-order chi connectivity index (χ1) is 27.9. The third-order valence-corrected chi connectivity index (χ3v) is 17.4. The van der Waals surface area contributed by atoms with Crippen LogP contribution in [0.25, 0.3) is 0 Å². The maximum Gasteiger partial charge on any atom is 0.309 e. The van der Waals surface area contributed by atoms with Crippen LogP contribution in [0.1, 0.15) is 139 Å². The van der Waals surface area contributed by atoms with E-state index in [4.69, 9.17) is 9.47 Å². The molecule has 5 aliphatic carbocycles. The molecule has 4 fully saturated rings. The van der Waals surface area contributed by atoms with Crippen molar-refractivity contribution in [1.82, 2.24) is 14.3 Å². The van der Waals surface area contributed by atoms with Crippen LogP contribution >= 0.6 is 0 Å². The van der Waals surface area contributed by atoms with Crippen LogP contribution in [0.5, 0.6) is 0 Å². The number of carboxylic acids is 1. The number of methoxy groups -OCH3 is 1. The van der Waals surface area contributed by atoms with Gasteiger partial charge in [0.15, 0.2) is 5.84 Å². The van der Waals surface area contributed by atoms with Crippen LogP contribution in [0.3, 0.4) is 0 Å². The van der Waals surface area contributed by atoms with Gasteiger partial charge in [-0.2, -0.15) is 4.68 Å². The number of esters is 1. The third kappa shape index (κ3) is 7.19. The summed E-state index contributed by atoms with van der Waals surface area (Å²) in [6.07, 6.45) is 10.6. The van der Waals surface area contributed by atoms with E-state index in [-0.39, 0.29) is 51.6 Å². The van der Waals surface area contributed by atoms with Gasteiger partial charge in [-0.25, -0.2) is 4.99 Å². The van der Waals surface area contributed by atoms with Crippen LogP contribution in [0.4, 0.5) is 0 Å². The molecule has 11 nitrogen and oxygen atoms in total. The summed E-state index contributed by atoms with van der Waals surface area (Å²) in [6.45, 7) is 27.0. The van der Waals surface area contributed by atoms with Crippen molar-refractivity contribution in [3.63, 3.8) is 0 Å². The summed E-state index contributed by atoms with van der Waals surface area (Å²) in [5.41, 5.74) is 1.41. The van der Waals surface area contributed by atoms with E-state index in [2.05, 4.69) is 69.6 Å². The van der Waals surface area contributed by atoms with Gasteiger partial charge in [-0.05, 0) is 144 Å². The average molecular weight is 833 g/mol. The summed E-state index contributed by atoms with van der Waals surface area (Å²) in [5, 5.41) is 21.9. The SMILES string of the molecule is C=CC(=N/C=C(\C)OC)n1c(=O)cc([C@@]23CC[C@]4(C)C(CC[C@@H]5[C@@]6(C)CC[C@H](OC(=O)CC(C)(C)C(=O)O)C(C)(C)[C@@H]6CC[C@]54C)C2=C(C(C)C)[C@@H](O)C3)n1CCN(C)C. The molecule has 4 saturated carbocycles. The van der Waals surface area contributed by atoms with Crippen LogP contribution in [0, 0.1) is 50.7 Å². The molecule has 0 aliphatic heterocycles. The topological polar surface area (TPSA) is 136 Å². The first-order valence-electron chi connectivity index (χ1n) is 22.6. The highest BCUT2D eigenvalue weighted by Crippen LogP contribution is 2.77. The summed E-state index contributed by atoms with van der Waals surface area (Å²) < 4.78 is 15.4. The van der Waals surface area contributed by atoms with Crippen LogP contribution < -0.4 is 5.56 Å². The first kappa shape index (κ1) is 46.1. The fraction of sp³-hybridized carbons (Fsp3) is 0.755. The quantitative estimate of drug-likeness (QED) is 0.0704. The monoisotopic (exact) mass is 833 g/mol. The molecule has 1 heterocycles. The summed E-state index contributed by atoms with van der Waals surface area (Å²) in [6, 6.07) is 1.83. The summed E-state index contributed by atoms with van der Waals surface area (Å²) in [5.74, 6) is 0.824. The fourth-order valence-corrected chi connectivity index (χ4v) is 14.0. The highest BCUT2D eigenvalue weighted by molar-refractivity contribution is 5.94. The second kappa shape index (κ2) is 16.0. The lowest BCUT2D eigenvalue weighted by atomic mass is 9.33. The largest absolute Gasteiger partial charge is 0.500 e. The van der Waals surface area contributed by atoms with Gasteiger partial charge in [0.2, 0.25) is 0 Å². The Morgan fingerprint density at radius 3 is 2.32 bits per heavy atom. The van der Waals surface area contributed by atoms with Gasteiger partial charge in [0.1, 0.15) is 11.9 Å². The highest BCUT2D eigenvalue weighted by atomic mass is 16.5. The molecule has 0 bridgehead atoms. The summed E-state index contributed by atoms with van der Waals surface area (Å²) in [4.78, 5) is 46.2. The predicted octanol–water partition coefficient (Wildman–Crippen LogP) is 8.59. The Balaban J connectivity index is 1.41. The van der Waals surface area contributed by atoms with Crippen LogP contribution in [-0.4, -0.2) is 82.2 Å². The number of rotatable bonds is 12. The number of hydrogen-bond acceptors (Lipinski definition) is 8. The molecule has 5 aliphatic rings. The van der Waals surface area contributed by atoms with Crippen molar-refractivity contribution in [3.05, 3.63) is 57.9 Å². The molecule has 334 valence electrons. The summed E-state index contributed by atoms with van der Waals surface area (Å²) >= 11 is 0. The number of carbonyl (C=O) groups is 2. The number of nitrogens with zero attached hydrogens (tertiary/aromatic N) is 4. The lowest BCUT2D eigenvalue weighted by Gasteiger charge is -2.72. The zero-order valence-electron chi connectivity index (χ0n) is 39.1. The van der Waals surface area contributed by atoms with Gasteiger partial charge in [-0.1, -0.05) is 60.6 Å². The van der Waals surface area contributed by atoms with Gasteiger partial charge in [0, 0.05) is 23.4 Å². The molecule has 1 unspecified atom stereocenters. The van der Waals surface area contributed by atoms with Gasteiger partial charge in [-0.3, -0.25) is 19.1 Å². The number of fused-ring (bicyclic) bond motifs is 7. The number of aromatic nitrogens is 2.